The number of anilines is 1. The Bertz CT molecular complexity index is 242. The van der Waals surface area contributed by atoms with Gasteiger partial charge in [0.2, 0.25) is 5.89 Å². The van der Waals surface area contributed by atoms with Crippen molar-refractivity contribution in [1.29, 1.82) is 0 Å². The molecule has 0 bridgehead atoms. The summed E-state index contributed by atoms with van der Waals surface area (Å²) in [4.78, 5) is 3.91. The first kappa shape index (κ1) is 6.64. The molecule has 1 aromatic rings. The number of nitrogen functional groups attached to an aromatic ring is 1. The number of hydrogen-bond acceptors (Lipinski definition) is 4. The third kappa shape index (κ3) is 1.69. The highest BCUT2D eigenvalue weighted by atomic mass is 16.5. The minimum atomic E-state index is 0.246. The molecule has 0 aliphatic heterocycles. The van der Waals surface area contributed by atoms with Gasteiger partial charge in [-0.1, -0.05) is 12.8 Å². The van der Waals surface area contributed by atoms with Gasteiger partial charge in [-0.2, -0.15) is 4.98 Å². The van der Waals surface area contributed by atoms with Crippen LogP contribution in [0.15, 0.2) is 4.52 Å². The molecule has 0 aromatic carbocycles. The van der Waals surface area contributed by atoms with Gasteiger partial charge >= 0.3 is 0 Å². The van der Waals surface area contributed by atoms with Gasteiger partial charge in [-0.15, -0.1) is 0 Å². The van der Waals surface area contributed by atoms with E-state index in [0.29, 0.717) is 5.89 Å². The average Bonchev–Trinajstić information content (AvgIpc) is 2.72. The summed E-state index contributed by atoms with van der Waals surface area (Å²) in [5.74, 6) is 1.83. The Labute approximate surface area is 64.8 Å². The number of nitrogens with zero attached hydrogens (tertiary/aromatic N) is 2. The Morgan fingerprint density at radius 1 is 1.55 bits per heavy atom. The molecule has 11 heavy (non-hydrogen) atoms. The molecule has 60 valence electrons. The third-order valence-electron chi connectivity index (χ3n) is 1.95. The Morgan fingerprint density at radius 3 is 2.91 bits per heavy atom. The normalized spacial score (nSPS) is 17.1. The van der Waals surface area contributed by atoms with Gasteiger partial charge in [-0.05, 0) is 17.5 Å². The molecule has 1 aromatic heterocycles. The lowest BCUT2D eigenvalue weighted by Gasteiger charge is -1.89. The summed E-state index contributed by atoms with van der Waals surface area (Å²) >= 11 is 0. The van der Waals surface area contributed by atoms with Crippen LogP contribution in [0.5, 0.6) is 0 Å². The lowest BCUT2D eigenvalue weighted by Crippen LogP contribution is -1.89. The van der Waals surface area contributed by atoms with Gasteiger partial charge in [0, 0.05) is 6.42 Å². The molecule has 4 nitrogen and oxygen atoms in total. The zero-order chi connectivity index (χ0) is 7.68. The minimum absolute atomic E-state index is 0.246. The predicted octanol–water partition coefficient (Wildman–Crippen LogP) is 0.994. The highest BCUT2D eigenvalue weighted by Gasteiger charge is 2.21. The maximum atomic E-state index is 5.28. The highest BCUT2D eigenvalue weighted by Crippen LogP contribution is 2.33. The second kappa shape index (κ2) is 2.53. The van der Waals surface area contributed by atoms with Gasteiger partial charge in [0.25, 0.3) is 5.95 Å². The second-order valence-electron chi connectivity index (χ2n) is 3.03. The lowest BCUT2D eigenvalue weighted by atomic mass is 10.2. The molecule has 2 rings (SSSR count). The Morgan fingerprint density at radius 2 is 2.36 bits per heavy atom. The lowest BCUT2D eigenvalue weighted by molar-refractivity contribution is 0.374. The SMILES string of the molecule is Nc1noc(CCC2CC2)n1. The second-order valence-corrected chi connectivity index (χ2v) is 3.03. The first-order valence-corrected chi connectivity index (χ1v) is 3.92. The highest BCUT2D eigenvalue weighted by molar-refractivity contribution is 5.10. The van der Waals surface area contributed by atoms with E-state index in [-0.39, 0.29) is 5.95 Å². The van der Waals surface area contributed by atoms with Crippen molar-refractivity contribution in [1.82, 2.24) is 10.1 Å². The number of hydrogen-bond donors (Lipinski definition) is 1. The summed E-state index contributed by atoms with van der Waals surface area (Å²) in [5, 5.41) is 3.51. The molecule has 0 unspecified atom stereocenters. The summed E-state index contributed by atoms with van der Waals surface area (Å²) < 4.78 is 4.86. The summed E-state index contributed by atoms with van der Waals surface area (Å²) in [6, 6.07) is 0. The molecule has 1 saturated carbocycles. The van der Waals surface area contributed by atoms with Gasteiger partial charge in [-0.3, -0.25) is 0 Å². The van der Waals surface area contributed by atoms with E-state index in [4.69, 9.17) is 10.3 Å². The number of rotatable bonds is 3. The Kier molecular flexibility index (Phi) is 1.52. The van der Waals surface area contributed by atoms with Gasteiger partial charge in [-0.25, -0.2) is 0 Å². The summed E-state index contributed by atoms with van der Waals surface area (Å²) in [6.07, 6.45) is 4.78. The maximum absolute atomic E-state index is 5.28. The topological polar surface area (TPSA) is 64.9 Å². The van der Waals surface area contributed by atoms with Crippen LogP contribution < -0.4 is 5.73 Å². The molecule has 0 amide bonds. The molecule has 0 radical (unpaired) electrons. The van der Waals surface area contributed by atoms with Crippen molar-refractivity contribution in [2.75, 3.05) is 5.73 Å². The number of aromatic nitrogens is 2. The van der Waals surface area contributed by atoms with Crippen LogP contribution in [0.4, 0.5) is 5.95 Å². The fraction of sp³-hybridized carbons (Fsp3) is 0.714. The zero-order valence-corrected chi connectivity index (χ0v) is 6.29. The van der Waals surface area contributed by atoms with Crippen molar-refractivity contribution in [3.63, 3.8) is 0 Å². The van der Waals surface area contributed by atoms with Crippen LogP contribution in [-0.4, -0.2) is 10.1 Å². The maximum Gasteiger partial charge on any atom is 0.260 e. The van der Waals surface area contributed by atoms with Crippen molar-refractivity contribution in [3.05, 3.63) is 5.89 Å². The summed E-state index contributed by atoms with van der Waals surface area (Å²) in [6.45, 7) is 0. The van der Waals surface area contributed by atoms with Crippen molar-refractivity contribution in [3.8, 4) is 0 Å². The van der Waals surface area contributed by atoms with Crippen LogP contribution in [0.3, 0.4) is 0 Å². The first-order chi connectivity index (χ1) is 5.34. The standard InChI is InChI=1S/C7H11N3O/c8-7-9-6(11-10-7)4-3-5-1-2-5/h5H,1-4H2,(H2,8,10). The van der Waals surface area contributed by atoms with E-state index in [1.165, 1.54) is 19.3 Å². The van der Waals surface area contributed by atoms with Crippen molar-refractivity contribution in [2.24, 2.45) is 5.92 Å². The molecule has 0 saturated heterocycles. The molecule has 1 aliphatic carbocycles. The van der Waals surface area contributed by atoms with E-state index in [9.17, 15) is 0 Å². The quantitative estimate of drug-likeness (QED) is 0.703. The average molecular weight is 153 g/mol. The van der Waals surface area contributed by atoms with E-state index in [2.05, 4.69) is 10.1 Å². The van der Waals surface area contributed by atoms with Gasteiger partial charge in [0.05, 0.1) is 0 Å². The molecule has 1 aliphatic rings. The summed E-state index contributed by atoms with van der Waals surface area (Å²) in [7, 11) is 0. The van der Waals surface area contributed by atoms with E-state index >= 15 is 0 Å². The van der Waals surface area contributed by atoms with E-state index in [1.54, 1.807) is 0 Å². The van der Waals surface area contributed by atoms with Gasteiger partial charge in [0.15, 0.2) is 0 Å². The minimum Gasteiger partial charge on any atom is -0.365 e. The zero-order valence-electron chi connectivity index (χ0n) is 6.29. The number of nitrogens with two attached hydrogens (primary N) is 1. The third-order valence-corrected chi connectivity index (χ3v) is 1.95. The van der Waals surface area contributed by atoms with Gasteiger partial charge < -0.3 is 10.3 Å². The van der Waals surface area contributed by atoms with Crippen molar-refractivity contribution in [2.45, 2.75) is 25.7 Å². The molecule has 1 fully saturated rings. The largest absolute Gasteiger partial charge is 0.365 e. The van der Waals surface area contributed by atoms with Crippen LogP contribution >= 0.6 is 0 Å². The smallest absolute Gasteiger partial charge is 0.260 e. The molecule has 1 heterocycles. The fourth-order valence-corrected chi connectivity index (χ4v) is 1.10. The van der Waals surface area contributed by atoms with E-state index in [1.807, 2.05) is 0 Å². The van der Waals surface area contributed by atoms with Crippen LogP contribution in [0, 0.1) is 5.92 Å². The molecular formula is C7H11N3O. The van der Waals surface area contributed by atoms with Crippen molar-refractivity contribution < 1.29 is 4.52 Å². The van der Waals surface area contributed by atoms with Crippen LogP contribution in [0.1, 0.15) is 25.2 Å². The fourth-order valence-electron chi connectivity index (χ4n) is 1.10. The first-order valence-electron chi connectivity index (χ1n) is 3.92. The molecule has 0 atom stereocenters. The monoisotopic (exact) mass is 153 g/mol. The Balaban J connectivity index is 1.85. The van der Waals surface area contributed by atoms with Gasteiger partial charge in [0.1, 0.15) is 0 Å². The molecular weight excluding hydrogens is 142 g/mol. The van der Waals surface area contributed by atoms with Crippen molar-refractivity contribution >= 4 is 5.95 Å². The van der Waals surface area contributed by atoms with Crippen LogP contribution in [-0.2, 0) is 6.42 Å². The van der Waals surface area contributed by atoms with E-state index in [0.717, 1.165) is 12.3 Å². The molecule has 4 heteroatoms. The van der Waals surface area contributed by atoms with Crippen LogP contribution in [0.25, 0.3) is 0 Å². The van der Waals surface area contributed by atoms with E-state index < -0.39 is 0 Å². The molecule has 2 N–H and O–H groups in total. The number of aryl methyl sites for hydroxylation is 1. The summed E-state index contributed by atoms with van der Waals surface area (Å²) in [5.41, 5.74) is 5.28. The molecule has 0 spiro atoms. The van der Waals surface area contributed by atoms with Crippen LogP contribution in [0.2, 0.25) is 0 Å². The predicted molar refractivity (Wildman–Crippen MR) is 39.8 cm³/mol. The Hall–Kier alpha value is -1.06.